The van der Waals surface area contributed by atoms with Gasteiger partial charge in [-0.1, -0.05) is 47.2 Å². The van der Waals surface area contributed by atoms with Crippen molar-refractivity contribution in [3.8, 4) is 22.7 Å². The number of anilines is 1. The third-order valence-corrected chi connectivity index (χ3v) is 7.72. The summed E-state index contributed by atoms with van der Waals surface area (Å²) in [4.78, 5) is 17.7. The second-order valence-electron chi connectivity index (χ2n) is 8.99. The number of para-hydroxylation sites is 1. The Balaban J connectivity index is 1.30. The summed E-state index contributed by atoms with van der Waals surface area (Å²) < 4.78 is 8.26. The number of aromatic nitrogens is 3. The summed E-state index contributed by atoms with van der Waals surface area (Å²) in [5.41, 5.74) is 5.76. The Morgan fingerprint density at radius 2 is 1.97 bits per heavy atom. The number of carbonyl (C=O) groups excluding carboxylic acids is 1. The molecule has 1 aliphatic carbocycles. The minimum Gasteiger partial charge on any atom is -0.495 e. The van der Waals surface area contributed by atoms with Crippen LogP contribution in [-0.2, 0) is 4.79 Å². The average Bonchev–Trinajstić information content (AvgIpc) is 3.39. The van der Waals surface area contributed by atoms with E-state index >= 15 is 0 Å². The number of thiazole rings is 1. The highest BCUT2D eigenvalue weighted by atomic mass is 35.5. The minimum absolute atomic E-state index is 0.0121. The van der Waals surface area contributed by atoms with Crippen molar-refractivity contribution in [2.24, 2.45) is 5.92 Å². The van der Waals surface area contributed by atoms with Gasteiger partial charge in [-0.15, -0.1) is 0 Å². The first-order valence-corrected chi connectivity index (χ1v) is 12.9. The van der Waals surface area contributed by atoms with Crippen LogP contribution in [0.4, 0.5) is 5.13 Å². The highest BCUT2D eigenvalue weighted by molar-refractivity contribution is 7.22. The van der Waals surface area contributed by atoms with Crippen molar-refractivity contribution in [1.82, 2.24) is 14.8 Å². The Bertz CT molecular complexity index is 1590. The normalized spacial score (nSPS) is 16.8. The molecule has 36 heavy (non-hydrogen) atoms. The maximum atomic E-state index is 13.2. The molecule has 8 heteroatoms. The number of methoxy groups -OCH3 is 1. The number of nitrogens with one attached hydrogen (secondary N) is 1. The number of benzene rings is 3. The van der Waals surface area contributed by atoms with Gasteiger partial charge < -0.3 is 10.1 Å². The molecule has 0 spiro atoms. The first-order chi connectivity index (χ1) is 17.5. The number of hydrogen-bond acceptors (Lipinski definition) is 5. The van der Waals surface area contributed by atoms with Crippen LogP contribution < -0.4 is 10.1 Å². The molecule has 0 saturated heterocycles. The van der Waals surface area contributed by atoms with E-state index in [0.29, 0.717) is 15.9 Å². The molecule has 1 fully saturated rings. The average molecular weight is 515 g/mol. The van der Waals surface area contributed by atoms with Gasteiger partial charge >= 0.3 is 0 Å². The smallest absolute Gasteiger partial charge is 0.229 e. The second kappa shape index (κ2) is 9.08. The van der Waals surface area contributed by atoms with E-state index in [1.165, 1.54) is 16.9 Å². The lowest BCUT2D eigenvalue weighted by Gasteiger charge is -2.06. The van der Waals surface area contributed by atoms with Crippen molar-refractivity contribution in [2.45, 2.75) is 19.3 Å². The first-order valence-electron chi connectivity index (χ1n) is 11.7. The highest BCUT2D eigenvalue weighted by Gasteiger charge is 2.46. The molecule has 2 atom stereocenters. The minimum atomic E-state index is -0.139. The number of amides is 1. The van der Waals surface area contributed by atoms with Crippen LogP contribution in [0.2, 0.25) is 5.02 Å². The highest BCUT2D eigenvalue weighted by Crippen LogP contribution is 2.51. The van der Waals surface area contributed by atoms with Gasteiger partial charge in [0, 0.05) is 29.2 Å². The fraction of sp³-hybridized carbons (Fsp3) is 0.179. The molecule has 3 aromatic carbocycles. The molecule has 0 bridgehead atoms. The quantitative estimate of drug-likeness (QED) is 0.268. The van der Waals surface area contributed by atoms with Crippen LogP contribution in [0.15, 0.2) is 72.9 Å². The van der Waals surface area contributed by atoms with Gasteiger partial charge in [-0.05, 0) is 61.4 Å². The van der Waals surface area contributed by atoms with Gasteiger partial charge in [0.1, 0.15) is 5.75 Å². The molecule has 0 radical (unpaired) electrons. The van der Waals surface area contributed by atoms with E-state index in [1.54, 1.807) is 7.11 Å². The number of halogens is 1. The van der Waals surface area contributed by atoms with E-state index in [2.05, 4.69) is 23.3 Å². The van der Waals surface area contributed by atoms with Gasteiger partial charge in [0.05, 0.1) is 33.7 Å². The molecule has 1 aliphatic rings. The summed E-state index contributed by atoms with van der Waals surface area (Å²) >= 11 is 7.94. The Morgan fingerprint density at radius 3 is 2.75 bits per heavy atom. The van der Waals surface area contributed by atoms with Gasteiger partial charge in [0.25, 0.3) is 0 Å². The predicted octanol–water partition coefficient (Wildman–Crippen LogP) is 6.86. The fourth-order valence-electron chi connectivity index (χ4n) is 4.52. The summed E-state index contributed by atoms with van der Waals surface area (Å²) in [6.07, 6.45) is 2.79. The lowest BCUT2D eigenvalue weighted by atomic mass is 10.0. The van der Waals surface area contributed by atoms with Crippen LogP contribution in [0.1, 0.15) is 23.5 Å². The van der Waals surface area contributed by atoms with Crippen molar-refractivity contribution >= 4 is 44.2 Å². The Morgan fingerprint density at radius 1 is 1.14 bits per heavy atom. The van der Waals surface area contributed by atoms with Crippen molar-refractivity contribution in [3.05, 3.63) is 89.1 Å². The number of carbonyl (C=O) groups is 1. The molecule has 0 aliphatic heterocycles. The number of hydrogen-bond donors (Lipinski definition) is 1. The van der Waals surface area contributed by atoms with Crippen molar-refractivity contribution in [1.29, 1.82) is 0 Å². The van der Waals surface area contributed by atoms with Crippen molar-refractivity contribution in [2.75, 3.05) is 12.4 Å². The van der Waals surface area contributed by atoms with Crippen LogP contribution in [0.25, 0.3) is 27.2 Å². The molecule has 6 nitrogen and oxygen atoms in total. The third-order valence-electron chi connectivity index (χ3n) is 6.49. The van der Waals surface area contributed by atoms with Crippen LogP contribution in [-0.4, -0.2) is 27.8 Å². The molecule has 2 unspecified atom stereocenters. The molecule has 1 amide bonds. The third kappa shape index (κ3) is 4.25. The summed E-state index contributed by atoms with van der Waals surface area (Å²) in [5.74, 6) is 0.524. The molecule has 5 aromatic rings. The van der Waals surface area contributed by atoms with E-state index in [0.717, 1.165) is 39.1 Å². The van der Waals surface area contributed by atoms with Gasteiger partial charge in [-0.3, -0.25) is 4.79 Å². The summed E-state index contributed by atoms with van der Waals surface area (Å²) in [6, 6.07) is 21.7. The molecule has 1 saturated carbocycles. The first kappa shape index (κ1) is 22.8. The van der Waals surface area contributed by atoms with Crippen LogP contribution in [0, 0.1) is 12.8 Å². The van der Waals surface area contributed by atoms with Gasteiger partial charge in [-0.2, -0.15) is 5.10 Å². The van der Waals surface area contributed by atoms with Crippen LogP contribution in [0.3, 0.4) is 0 Å². The van der Waals surface area contributed by atoms with Gasteiger partial charge in [0.15, 0.2) is 5.13 Å². The van der Waals surface area contributed by atoms with E-state index < -0.39 is 0 Å². The Hall–Kier alpha value is -3.68. The zero-order valence-corrected chi connectivity index (χ0v) is 21.3. The summed E-state index contributed by atoms with van der Waals surface area (Å²) in [6.45, 7) is 2.05. The maximum Gasteiger partial charge on any atom is 0.229 e. The summed E-state index contributed by atoms with van der Waals surface area (Å²) in [7, 11) is 1.59. The zero-order valence-electron chi connectivity index (χ0n) is 19.7. The van der Waals surface area contributed by atoms with E-state index in [-0.39, 0.29) is 17.7 Å². The van der Waals surface area contributed by atoms with E-state index in [4.69, 9.17) is 21.4 Å². The lowest BCUT2D eigenvalue weighted by Crippen LogP contribution is -2.14. The Kier molecular flexibility index (Phi) is 5.74. The van der Waals surface area contributed by atoms with Crippen molar-refractivity contribution < 1.29 is 9.53 Å². The van der Waals surface area contributed by atoms with Gasteiger partial charge in [0.2, 0.25) is 5.91 Å². The Labute approximate surface area is 217 Å². The molecule has 180 valence electrons. The SMILES string of the molecule is COc1ccc(-c2nn(-c3ccccc3)cc2C2CC2C(=O)Nc2nc3ccc(C)cc3s2)cc1Cl. The van der Waals surface area contributed by atoms with E-state index in [1.807, 2.05) is 71.5 Å². The largest absolute Gasteiger partial charge is 0.495 e. The fourth-order valence-corrected chi connectivity index (χ4v) is 5.75. The standard InChI is InChI=1S/C28H23ClN4O2S/c1-16-8-10-23-25(12-16)36-28(30-23)31-27(34)20-14-19(20)21-15-33(18-6-4-3-5-7-18)32-26(21)17-9-11-24(35-2)22(29)13-17/h3-13,15,19-20H,14H2,1-2H3,(H,30,31,34). The van der Waals surface area contributed by atoms with Crippen LogP contribution in [0.5, 0.6) is 5.75 Å². The van der Waals surface area contributed by atoms with E-state index in [9.17, 15) is 4.79 Å². The molecule has 2 aromatic heterocycles. The number of fused-ring (bicyclic) bond motifs is 1. The number of ether oxygens (including phenoxy) is 1. The van der Waals surface area contributed by atoms with Crippen LogP contribution >= 0.6 is 22.9 Å². The predicted molar refractivity (Wildman–Crippen MR) is 144 cm³/mol. The second-order valence-corrected chi connectivity index (χ2v) is 10.4. The number of nitrogens with zero attached hydrogens (tertiary/aromatic N) is 3. The monoisotopic (exact) mass is 514 g/mol. The molecule has 1 N–H and O–H groups in total. The number of aryl methyl sites for hydroxylation is 1. The summed E-state index contributed by atoms with van der Waals surface area (Å²) in [5, 5.41) is 9.09. The maximum absolute atomic E-state index is 13.2. The molecular formula is C28H23ClN4O2S. The molecule has 2 heterocycles. The molecule has 6 rings (SSSR count). The topological polar surface area (TPSA) is 69.0 Å². The number of rotatable bonds is 6. The van der Waals surface area contributed by atoms with Gasteiger partial charge in [-0.25, -0.2) is 9.67 Å². The molecular weight excluding hydrogens is 492 g/mol. The lowest BCUT2D eigenvalue weighted by molar-refractivity contribution is -0.117. The zero-order chi connectivity index (χ0) is 24.8. The van der Waals surface area contributed by atoms with Crippen molar-refractivity contribution in [3.63, 3.8) is 0 Å².